The first kappa shape index (κ1) is 11.9. The number of rotatable bonds is 4. The molecule has 1 N–H and O–H groups in total. The summed E-state index contributed by atoms with van der Waals surface area (Å²) in [6.07, 6.45) is 7.19. The zero-order valence-electron chi connectivity index (χ0n) is 10.6. The molecule has 0 aromatic carbocycles. The second-order valence-corrected chi connectivity index (χ2v) is 4.70. The summed E-state index contributed by atoms with van der Waals surface area (Å²) in [5.74, 6) is 0.201. The predicted molar refractivity (Wildman–Crippen MR) is 67.0 cm³/mol. The van der Waals surface area contributed by atoms with Gasteiger partial charge in [0.15, 0.2) is 0 Å². The molecule has 0 spiro atoms. The first-order valence-corrected chi connectivity index (χ1v) is 6.44. The van der Waals surface area contributed by atoms with Crippen LogP contribution in [0.1, 0.15) is 24.1 Å². The molecule has 19 heavy (non-hydrogen) atoms. The Morgan fingerprint density at radius 1 is 1.47 bits per heavy atom. The number of H-pyrrole nitrogens is 1. The van der Waals surface area contributed by atoms with Crippen molar-refractivity contribution in [2.24, 2.45) is 0 Å². The summed E-state index contributed by atoms with van der Waals surface area (Å²) in [6, 6.07) is 0. The van der Waals surface area contributed by atoms with Gasteiger partial charge in [0, 0.05) is 43.7 Å². The number of fused-ring (bicyclic) bond motifs is 1. The van der Waals surface area contributed by atoms with Crippen molar-refractivity contribution in [3.05, 3.63) is 30.1 Å². The van der Waals surface area contributed by atoms with Gasteiger partial charge in [-0.15, -0.1) is 0 Å². The van der Waals surface area contributed by atoms with Crippen molar-refractivity contribution in [2.75, 3.05) is 6.54 Å². The van der Waals surface area contributed by atoms with Crippen LogP contribution in [0.3, 0.4) is 0 Å². The number of hydrogen-bond donors (Lipinski definition) is 1. The summed E-state index contributed by atoms with van der Waals surface area (Å²) >= 11 is 0. The van der Waals surface area contributed by atoms with Crippen LogP contribution in [0.25, 0.3) is 0 Å². The summed E-state index contributed by atoms with van der Waals surface area (Å²) in [6.45, 7) is 2.18. The molecule has 100 valence electrons. The van der Waals surface area contributed by atoms with E-state index in [-0.39, 0.29) is 5.91 Å². The zero-order chi connectivity index (χ0) is 13.1. The molecular formula is C12H16N6O. The van der Waals surface area contributed by atoms with Gasteiger partial charge < -0.3 is 4.90 Å². The SMILES string of the molecule is O=C(CCCn1cncn1)N1CCc2[nH]ncc2C1. The lowest BCUT2D eigenvalue weighted by atomic mass is 10.1. The van der Waals surface area contributed by atoms with Crippen LogP contribution in [-0.2, 0) is 24.3 Å². The Balaban J connectivity index is 1.49. The lowest BCUT2D eigenvalue weighted by molar-refractivity contribution is -0.132. The molecule has 1 aliphatic rings. The van der Waals surface area contributed by atoms with Crippen LogP contribution in [-0.4, -0.2) is 42.3 Å². The number of amides is 1. The highest BCUT2D eigenvalue weighted by molar-refractivity contribution is 5.76. The van der Waals surface area contributed by atoms with E-state index in [0.29, 0.717) is 13.0 Å². The van der Waals surface area contributed by atoms with Crippen molar-refractivity contribution in [1.82, 2.24) is 29.9 Å². The molecule has 0 bridgehead atoms. The molecule has 0 saturated heterocycles. The van der Waals surface area contributed by atoms with E-state index in [1.165, 1.54) is 6.33 Å². The van der Waals surface area contributed by atoms with Crippen LogP contribution in [0, 0.1) is 0 Å². The highest BCUT2D eigenvalue weighted by Crippen LogP contribution is 2.17. The molecule has 2 aromatic rings. The molecule has 0 radical (unpaired) electrons. The quantitative estimate of drug-likeness (QED) is 0.861. The highest BCUT2D eigenvalue weighted by Gasteiger charge is 2.21. The Bertz CT molecular complexity index is 546. The molecular weight excluding hydrogens is 244 g/mol. The molecule has 7 heteroatoms. The lowest BCUT2D eigenvalue weighted by Gasteiger charge is -2.26. The van der Waals surface area contributed by atoms with Crippen molar-refractivity contribution in [3.8, 4) is 0 Å². The third-order valence-corrected chi connectivity index (χ3v) is 3.40. The maximum atomic E-state index is 12.1. The van der Waals surface area contributed by atoms with Gasteiger partial charge in [0.05, 0.1) is 6.20 Å². The minimum atomic E-state index is 0.201. The average Bonchev–Trinajstić information content (AvgIpc) is 3.08. The summed E-state index contributed by atoms with van der Waals surface area (Å²) < 4.78 is 1.75. The number of carbonyl (C=O) groups excluding carboxylic acids is 1. The second kappa shape index (κ2) is 5.21. The first-order valence-electron chi connectivity index (χ1n) is 6.44. The van der Waals surface area contributed by atoms with Crippen molar-refractivity contribution in [3.63, 3.8) is 0 Å². The Kier molecular flexibility index (Phi) is 3.26. The smallest absolute Gasteiger partial charge is 0.222 e. The van der Waals surface area contributed by atoms with Crippen molar-refractivity contribution in [2.45, 2.75) is 32.4 Å². The third kappa shape index (κ3) is 2.64. The van der Waals surface area contributed by atoms with Gasteiger partial charge in [-0.05, 0) is 6.42 Å². The van der Waals surface area contributed by atoms with E-state index < -0.39 is 0 Å². The summed E-state index contributed by atoms with van der Waals surface area (Å²) in [5.41, 5.74) is 2.29. The number of aryl methyl sites for hydroxylation is 1. The molecule has 3 rings (SSSR count). The predicted octanol–water partition coefficient (Wildman–Crippen LogP) is 0.366. The normalized spacial score (nSPS) is 14.4. The van der Waals surface area contributed by atoms with Gasteiger partial charge in [-0.2, -0.15) is 10.2 Å². The van der Waals surface area contributed by atoms with Crippen LogP contribution in [0.15, 0.2) is 18.9 Å². The van der Waals surface area contributed by atoms with E-state index >= 15 is 0 Å². The molecule has 1 aliphatic heterocycles. The van der Waals surface area contributed by atoms with Gasteiger partial charge in [-0.25, -0.2) is 4.98 Å². The number of carbonyl (C=O) groups is 1. The molecule has 0 aliphatic carbocycles. The molecule has 1 amide bonds. The van der Waals surface area contributed by atoms with Crippen LogP contribution in [0.4, 0.5) is 0 Å². The van der Waals surface area contributed by atoms with Crippen molar-refractivity contribution >= 4 is 5.91 Å². The number of aromatic nitrogens is 5. The van der Waals surface area contributed by atoms with Gasteiger partial charge in [-0.1, -0.05) is 0 Å². The van der Waals surface area contributed by atoms with Crippen LogP contribution < -0.4 is 0 Å². The van der Waals surface area contributed by atoms with Gasteiger partial charge in [0.2, 0.25) is 5.91 Å². The molecule has 7 nitrogen and oxygen atoms in total. The number of hydrogen-bond acceptors (Lipinski definition) is 4. The van der Waals surface area contributed by atoms with E-state index in [1.54, 1.807) is 11.0 Å². The van der Waals surface area contributed by atoms with Crippen LogP contribution >= 0.6 is 0 Å². The Morgan fingerprint density at radius 2 is 2.42 bits per heavy atom. The number of nitrogens with one attached hydrogen (secondary N) is 1. The lowest BCUT2D eigenvalue weighted by Crippen LogP contribution is -2.35. The van der Waals surface area contributed by atoms with Crippen LogP contribution in [0.2, 0.25) is 0 Å². The monoisotopic (exact) mass is 260 g/mol. The maximum absolute atomic E-state index is 12.1. The van der Waals surface area contributed by atoms with Gasteiger partial charge in [0.1, 0.15) is 12.7 Å². The van der Waals surface area contributed by atoms with E-state index in [9.17, 15) is 4.79 Å². The van der Waals surface area contributed by atoms with E-state index in [0.717, 1.165) is 37.2 Å². The summed E-state index contributed by atoms with van der Waals surface area (Å²) in [5, 5.41) is 11.0. The van der Waals surface area contributed by atoms with Crippen molar-refractivity contribution in [1.29, 1.82) is 0 Å². The molecule has 0 unspecified atom stereocenters. The molecule has 0 saturated carbocycles. The molecule has 2 aromatic heterocycles. The number of aromatic amines is 1. The van der Waals surface area contributed by atoms with E-state index in [2.05, 4.69) is 20.3 Å². The van der Waals surface area contributed by atoms with Gasteiger partial charge >= 0.3 is 0 Å². The fourth-order valence-corrected chi connectivity index (χ4v) is 2.33. The minimum absolute atomic E-state index is 0.201. The Labute approximate surface area is 110 Å². The van der Waals surface area contributed by atoms with E-state index in [1.807, 2.05) is 11.1 Å². The van der Waals surface area contributed by atoms with Gasteiger partial charge in [-0.3, -0.25) is 14.6 Å². The average molecular weight is 260 g/mol. The van der Waals surface area contributed by atoms with Crippen molar-refractivity contribution < 1.29 is 4.79 Å². The van der Waals surface area contributed by atoms with Crippen LogP contribution in [0.5, 0.6) is 0 Å². The largest absolute Gasteiger partial charge is 0.338 e. The Morgan fingerprint density at radius 3 is 3.26 bits per heavy atom. The third-order valence-electron chi connectivity index (χ3n) is 3.40. The fraction of sp³-hybridized carbons (Fsp3) is 0.500. The Hall–Kier alpha value is -2.18. The molecule has 3 heterocycles. The number of nitrogens with zero attached hydrogens (tertiary/aromatic N) is 5. The first-order chi connectivity index (χ1) is 9.33. The zero-order valence-corrected chi connectivity index (χ0v) is 10.6. The fourth-order valence-electron chi connectivity index (χ4n) is 2.33. The minimum Gasteiger partial charge on any atom is -0.338 e. The maximum Gasteiger partial charge on any atom is 0.222 e. The topological polar surface area (TPSA) is 79.7 Å². The summed E-state index contributed by atoms with van der Waals surface area (Å²) in [4.78, 5) is 17.9. The molecule has 0 fully saturated rings. The van der Waals surface area contributed by atoms with Gasteiger partial charge in [0.25, 0.3) is 0 Å². The summed E-state index contributed by atoms with van der Waals surface area (Å²) in [7, 11) is 0. The molecule has 0 atom stereocenters. The van der Waals surface area contributed by atoms with E-state index in [4.69, 9.17) is 0 Å². The second-order valence-electron chi connectivity index (χ2n) is 4.70. The highest BCUT2D eigenvalue weighted by atomic mass is 16.2. The standard InChI is InChI=1S/C12H16N6O/c19-12(2-1-4-18-9-13-8-15-18)17-5-3-11-10(7-17)6-14-16-11/h6,8-9H,1-5,7H2,(H,14,16).